The highest BCUT2D eigenvalue weighted by molar-refractivity contribution is 7.13. The normalized spacial score (nSPS) is 10.7. The number of aromatic nitrogens is 1. The number of rotatable bonds is 8. The lowest BCUT2D eigenvalue weighted by atomic mass is 10.2. The first-order valence-electron chi connectivity index (χ1n) is 7.39. The van der Waals surface area contributed by atoms with E-state index in [1.807, 2.05) is 0 Å². The number of esters is 1. The molecule has 1 aromatic carbocycles. The quantitative estimate of drug-likeness (QED) is 0.308. The van der Waals surface area contributed by atoms with Gasteiger partial charge in [-0.15, -0.1) is 11.3 Å². The van der Waals surface area contributed by atoms with Gasteiger partial charge in [-0.1, -0.05) is 0 Å². The maximum absolute atomic E-state index is 11.2. The fourth-order valence-corrected chi connectivity index (χ4v) is 2.57. The number of phenolic OH excluding ortho intramolecular Hbond substituents is 1. The lowest BCUT2D eigenvalue weighted by Gasteiger charge is -2.07. The number of aromatic hydroxyl groups is 1. The van der Waals surface area contributed by atoms with Gasteiger partial charge in [-0.3, -0.25) is 20.3 Å². The minimum absolute atomic E-state index is 0.00207. The Labute approximate surface area is 152 Å². The van der Waals surface area contributed by atoms with Gasteiger partial charge in [0, 0.05) is 17.0 Å². The zero-order valence-electron chi connectivity index (χ0n) is 14.0. The maximum Gasteiger partial charge on any atom is 0.315 e. The number of nitrogens with zero attached hydrogens (tertiary/aromatic N) is 3. The minimum atomic E-state index is -0.706. The van der Waals surface area contributed by atoms with E-state index in [-0.39, 0.29) is 18.8 Å². The number of benzene rings is 1. The highest BCUT2D eigenvalue weighted by Crippen LogP contribution is 2.36. The van der Waals surface area contributed by atoms with Crippen LogP contribution in [0.15, 0.2) is 22.6 Å². The first-order chi connectivity index (χ1) is 12.4. The summed E-state index contributed by atoms with van der Waals surface area (Å²) in [6.45, 7) is 1.94. The number of carbonyl (C=O) groups is 1. The molecular formula is C15H16N4O6S. The molecule has 26 heavy (non-hydrogen) atoms. The van der Waals surface area contributed by atoms with Crippen molar-refractivity contribution in [2.45, 2.75) is 13.3 Å². The van der Waals surface area contributed by atoms with Gasteiger partial charge in [0.1, 0.15) is 0 Å². The molecule has 0 aliphatic heterocycles. The summed E-state index contributed by atoms with van der Waals surface area (Å²) in [6, 6.07) is 2.61. The molecule has 10 nitrogen and oxygen atoms in total. The number of hydrogen-bond donors (Lipinski definition) is 2. The highest BCUT2D eigenvalue weighted by Gasteiger charge is 2.19. The van der Waals surface area contributed by atoms with Gasteiger partial charge >= 0.3 is 11.7 Å². The molecular weight excluding hydrogens is 364 g/mol. The third kappa shape index (κ3) is 4.89. The number of hydrazone groups is 1. The third-order valence-corrected chi connectivity index (χ3v) is 3.85. The number of carbonyl (C=O) groups excluding carboxylic acids is 1. The van der Waals surface area contributed by atoms with E-state index < -0.39 is 22.3 Å². The summed E-state index contributed by atoms with van der Waals surface area (Å²) in [5.41, 5.74) is 3.09. The van der Waals surface area contributed by atoms with Crippen LogP contribution in [0.1, 0.15) is 18.2 Å². The number of nitro benzene ring substituents is 1. The Balaban J connectivity index is 2.12. The molecule has 0 bridgehead atoms. The van der Waals surface area contributed by atoms with Crippen LogP contribution in [0.4, 0.5) is 10.8 Å². The summed E-state index contributed by atoms with van der Waals surface area (Å²) in [6.07, 6.45) is 1.39. The smallest absolute Gasteiger partial charge is 0.315 e. The monoisotopic (exact) mass is 380 g/mol. The van der Waals surface area contributed by atoms with Crippen LogP contribution in [0.25, 0.3) is 0 Å². The molecule has 0 radical (unpaired) electrons. The van der Waals surface area contributed by atoms with Crippen LogP contribution in [0, 0.1) is 10.1 Å². The van der Waals surface area contributed by atoms with Crippen molar-refractivity contribution in [1.29, 1.82) is 0 Å². The molecule has 0 fully saturated rings. The molecule has 138 valence electrons. The average Bonchev–Trinajstić information content (AvgIpc) is 3.04. The predicted octanol–water partition coefficient (Wildman–Crippen LogP) is 2.32. The van der Waals surface area contributed by atoms with E-state index in [2.05, 4.69) is 20.2 Å². The van der Waals surface area contributed by atoms with Gasteiger partial charge in [-0.05, 0) is 13.0 Å². The molecule has 1 heterocycles. The van der Waals surface area contributed by atoms with Gasteiger partial charge in [0.25, 0.3) is 0 Å². The summed E-state index contributed by atoms with van der Waals surface area (Å²) in [5, 5.41) is 26.9. The number of hydrogen-bond acceptors (Lipinski definition) is 10. The molecule has 2 N–H and O–H groups in total. The van der Waals surface area contributed by atoms with Crippen molar-refractivity contribution >= 4 is 34.3 Å². The number of phenols is 1. The fraction of sp³-hybridized carbons (Fsp3) is 0.267. The largest absolute Gasteiger partial charge is 0.500 e. The van der Waals surface area contributed by atoms with Crippen LogP contribution in [-0.4, -0.2) is 40.9 Å². The molecule has 11 heteroatoms. The second-order valence-electron chi connectivity index (χ2n) is 4.84. The van der Waals surface area contributed by atoms with E-state index in [1.54, 1.807) is 12.3 Å². The Morgan fingerprint density at radius 3 is 2.96 bits per heavy atom. The number of nitro groups is 1. The Kier molecular flexibility index (Phi) is 6.44. The lowest BCUT2D eigenvalue weighted by Crippen LogP contribution is -2.04. The van der Waals surface area contributed by atoms with E-state index in [0.717, 1.165) is 0 Å². The SMILES string of the molecule is CCOc1cc(/C=N\Nc2nc(CC(=O)OC)cs2)cc([N+](=O)[O-])c1O. The fourth-order valence-electron chi connectivity index (χ4n) is 1.91. The van der Waals surface area contributed by atoms with Crippen LogP contribution in [0.5, 0.6) is 11.5 Å². The van der Waals surface area contributed by atoms with E-state index in [4.69, 9.17) is 4.74 Å². The van der Waals surface area contributed by atoms with Crippen molar-refractivity contribution in [3.8, 4) is 11.5 Å². The number of thiazole rings is 1. The van der Waals surface area contributed by atoms with Gasteiger partial charge in [0.15, 0.2) is 5.75 Å². The summed E-state index contributed by atoms with van der Waals surface area (Å²) < 4.78 is 9.75. The maximum atomic E-state index is 11.2. The van der Waals surface area contributed by atoms with Gasteiger partial charge in [-0.2, -0.15) is 5.10 Å². The molecule has 0 saturated heterocycles. The molecule has 0 amide bonds. The Morgan fingerprint density at radius 2 is 2.31 bits per heavy atom. The molecule has 2 aromatic rings. The Hall–Kier alpha value is -3.21. The topological polar surface area (TPSA) is 136 Å². The van der Waals surface area contributed by atoms with Crippen LogP contribution in [0.2, 0.25) is 0 Å². The van der Waals surface area contributed by atoms with Crippen molar-refractivity contribution in [2.24, 2.45) is 5.10 Å². The summed E-state index contributed by atoms with van der Waals surface area (Å²) in [4.78, 5) is 25.7. The van der Waals surface area contributed by atoms with Gasteiger partial charge < -0.3 is 14.6 Å². The van der Waals surface area contributed by atoms with Crippen LogP contribution < -0.4 is 10.2 Å². The number of methoxy groups -OCH3 is 1. The Bertz CT molecular complexity index is 836. The van der Waals surface area contributed by atoms with Gasteiger partial charge in [-0.25, -0.2) is 4.98 Å². The molecule has 0 unspecified atom stereocenters. The van der Waals surface area contributed by atoms with E-state index >= 15 is 0 Å². The molecule has 0 aliphatic carbocycles. The van der Waals surface area contributed by atoms with Crippen molar-refractivity contribution in [2.75, 3.05) is 19.1 Å². The van der Waals surface area contributed by atoms with E-state index in [0.29, 0.717) is 16.4 Å². The van der Waals surface area contributed by atoms with Crippen molar-refractivity contribution < 1.29 is 24.3 Å². The standard InChI is InChI=1S/C15H16N4O6S/c1-3-25-12-5-9(4-11(14(12)21)19(22)23)7-16-18-15-17-10(8-26-15)6-13(20)24-2/h4-5,7-8,21H,3,6H2,1-2H3,(H,17,18)/b16-7-. The van der Waals surface area contributed by atoms with Crippen LogP contribution in [0.3, 0.4) is 0 Å². The van der Waals surface area contributed by atoms with Crippen LogP contribution in [-0.2, 0) is 16.0 Å². The van der Waals surface area contributed by atoms with Crippen molar-refractivity contribution in [3.05, 3.63) is 38.9 Å². The van der Waals surface area contributed by atoms with Crippen molar-refractivity contribution in [3.63, 3.8) is 0 Å². The number of anilines is 1. The van der Waals surface area contributed by atoms with Gasteiger partial charge in [0.05, 0.1) is 37.0 Å². The van der Waals surface area contributed by atoms with E-state index in [1.165, 1.54) is 36.8 Å². The molecule has 2 rings (SSSR count). The van der Waals surface area contributed by atoms with Gasteiger partial charge in [0.2, 0.25) is 10.9 Å². The van der Waals surface area contributed by atoms with E-state index in [9.17, 15) is 20.0 Å². The highest BCUT2D eigenvalue weighted by atomic mass is 32.1. The van der Waals surface area contributed by atoms with Crippen LogP contribution >= 0.6 is 11.3 Å². The summed E-state index contributed by atoms with van der Waals surface area (Å²) >= 11 is 1.24. The minimum Gasteiger partial charge on any atom is -0.500 e. The number of ether oxygens (including phenoxy) is 2. The molecule has 1 aromatic heterocycles. The Morgan fingerprint density at radius 1 is 1.54 bits per heavy atom. The first-order valence-corrected chi connectivity index (χ1v) is 8.27. The molecule has 0 atom stereocenters. The second-order valence-corrected chi connectivity index (χ2v) is 5.70. The molecule has 0 spiro atoms. The summed E-state index contributed by atoms with van der Waals surface area (Å²) in [7, 11) is 1.30. The summed E-state index contributed by atoms with van der Waals surface area (Å²) in [5.74, 6) is -0.933. The number of nitrogens with one attached hydrogen (secondary N) is 1. The average molecular weight is 380 g/mol. The second kappa shape index (κ2) is 8.76. The zero-order valence-corrected chi connectivity index (χ0v) is 14.8. The first kappa shape index (κ1) is 19.1. The molecule has 0 saturated carbocycles. The van der Waals surface area contributed by atoms with Crippen molar-refractivity contribution in [1.82, 2.24) is 4.98 Å². The lowest BCUT2D eigenvalue weighted by molar-refractivity contribution is -0.386. The molecule has 0 aliphatic rings. The predicted molar refractivity (Wildman–Crippen MR) is 95.0 cm³/mol. The third-order valence-electron chi connectivity index (χ3n) is 3.05. The zero-order chi connectivity index (χ0) is 19.1.